The smallest absolute Gasteiger partial charge is 0.251 e. The van der Waals surface area contributed by atoms with Crippen molar-refractivity contribution in [3.8, 4) is 11.5 Å². The molecule has 4 rings (SSSR count). The van der Waals surface area contributed by atoms with Gasteiger partial charge < -0.3 is 20.5 Å². The number of carbonyl (C=O) groups is 3. The molecular formula is C27H27N3O5. The van der Waals surface area contributed by atoms with Crippen LogP contribution in [0.1, 0.15) is 50.0 Å². The van der Waals surface area contributed by atoms with Gasteiger partial charge in [-0.3, -0.25) is 19.4 Å². The molecule has 0 radical (unpaired) electrons. The van der Waals surface area contributed by atoms with Crippen LogP contribution in [0.15, 0.2) is 67.0 Å². The second-order valence-corrected chi connectivity index (χ2v) is 8.38. The Morgan fingerprint density at radius 1 is 1.00 bits per heavy atom. The number of rotatable bonds is 9. The maximum atomic E-state index is 12.9. The van der Waals surface area contributed by atoms with Crippen LogP contribution < -0.4 is 15.4 Å². The third-order valence-electron chi connectivity index (χ3n) is 6.04. The fourth-order valence-electron chi connectivity index (χ4n) is 4.14. The normalized spacial score (nSPS) is 17.1. The van der Waals surface area contributed by atoms with Crippen LogP contribution in [0.4, 0.5) is 0 Å². The van der Waals surface area contributed by atoms with Gasteiger partial charge in [-0.1, -0.05) is 24.3 Å². The number of hydrogen-bond acceptors (Lipinski definition) is 7. The molecule has 1 fully saturated rings. The topological polar surface area (TPSA) is 118 Å². The molecule has 1 aromatic heterocycles. The molecule has 3 aromatic rings. The summed E-state index contributed by atoms with van der Waals surface area (Å²) >= 11 is 0. The number of benzene rings is 2. The Morgan fingerprint density at radius 3 is 2.43 bits per heavy atom. The van der Waals surface area contributed by atoms with E-state index in [1.54, 1.807) is 54.9 Å². The molecule has 0 spiro atoms. The van der Waals surface area contributed by atoms with E-state index >= 15 is 0 Å². The lowest BCUT2D eigenvalue weighted by molar-refractivity contribution is 0.0902. The van der Waals surface area contributed by atoms with Gasteiger partial charge in [0.15, 0.2) is 11.6 Å². The molecule has 1 aliphatic heterocycles. The molecule has 1 amide bonds. The average molecular weight is 474 g/mol. The minimum atomic E-state index is -0.359. The van der Waals surface area contributed by atoms with Crippen LogP contribution in [-0.4, -0.2) is 53.3 Å². The maximum Gasteiger partial charge on any atom is 0.251 e. The predicted octanol–water partition coefficient (Wildman–Crippen LogP) is 3.01. The monoisotopic (exact) mass is 473 g/mol. The van der Waals surface area contributed by atoms with Crippen LogP contribution in [0, 0.1) is 5.92 Å². The van der Waals surface area contributed by atoms with Crippen molar-refractivity contribution >= 4 is 17.5 Å². The van der Waals surface area contributed by atoms with E-state index in [2.05, 4.69) is 15.6 Å². The number of carbonyl (C=O) groups excluding carboxylic acids is 3. The zero-order chi connectivity index (χ0) is 24.8. The maximum absolute atomic E-state index is 12.9. The molecule has 8 nitrogen and oxygen atoms in total. The number of amides is 1. The van der Waals surface area contributed by atoms with Gasteiger partial charge in [0.2, 0.25) is 0 Å². The van der Waals surface area contributed by atoms with Crippen LogP contribution in [0.25, 0.3) is 0 Å². The number of ketones is 2. The third-order valence-corrected chi connectivity index (χ3v) is 6.04. The fraction of sp³-hybridized carbons (Fsp3) is 0.259. The first-order chi connectivity index (χ1) is 17.0. The highest BCUT2D eigenvalue weighted by Gasteiger charge is 2.30. The van der Waals surface area contributed by atoms with Crippen LogP contribution >= 0.6 is 0 Å². The van der Waals surface area contributed by atoms with Crippen LogP contribution in [0.3, 0.4) is 0 Å². The van der Waals surface area contributed by atoms with Crippen molar-refractivity contribution in [1.29, 1.82) is 0 Å². The highest BCUT2D eigenvalue weighted by atomic mass is 16.5. The zero-order valence-electron chi connectivity index (χ0n) is 19.4. The van der Waals surface area contributed by atoms with Gasteiger partial charge in [-0.05, 0) is 37.3 Å². The van der Waals surface area contributed by atoms with Gasteiger partial charge in [0.05, 0.1) is 12.2 Å². The molecule has 35 heavy (non-hydrogen) atoms. The number of ether oxygens (including phenoxy) is 1. The van der Waals surface area contributed by atoms with Crippen molar-refractivity contribution in [2.24, 2.45) is 5.92 Å². The van der Waals surface area contributed by atoms with Gasteiger partial charge in [0, 0.05) is 60.6 Å². The van der Waals surface area contributed by atoms with E-state index in [1.807, 2.05) is 6.92 Å². The molecule has 2 aromatic carbocycles. The number of phenols is 1. The van der Waals surface area contributed by atoms with Crippen molar-refractivity contribution in [2.45, 2.75) is 19.4 Å². The number of aromatic nitrogens is 1. The predicted molar refractivity (Wildman–Crippen MR) is 130 cm³/mol. The van der Waals surface area contributed by atoms with Crippen molar-refractivity contribution < 1.29 is 24.2 Å². The Balaban J connectivity index is 1.40. The Labute approximate surface area is 203 Å². The molecule has 1 saturated heterocycles. The summed E-state index contributed by atoms with van der Waals surface area (Å²) in [5, 5.41) is 16.4. The van der Waals surface area contributed by atoms with Gasteiger partial charge in [0.25, 0.3) is 5.91 Å². The summed E-state index contributed by atoms with van der Waals surface area (Å²) in [5.41, 5.74) is 1.50. The highest BCUT2D eigenvalue weighted by molar-refractivity contribution is 6.11. The molecule has 0 saturated carbocycles. The van der Waals surface area contributed by atoms with E-state index in [1.165, 1.54) is 12.1 Å². The van der Waals surface area contributed by atoms with E-state index in [0.717, 1.165) is 0 Å². The largest absolute Gasteiger partial charge is 0.507 e. The van der Waals surface area contributed by atoms with Gasteiger partial charge in [-0.2, -0.15) is 0 Å². The molecule has 0 unspecified atom stereocenters. The summed E-state index contributed by atoms with van der Waals surface area (Å²) in [5.74, 6) is -0.307. The first-order valence-corrected chi connectivity index (χ1v) is 11.5. The van der Waals surface area contributed by atoms with Crippen molar-refractivity contribution in [2.75, 3.05) is 19.7 Å². The minimum absolute atomic E-state index is 0.0483. The summed E-state index contributed by atoms with van der Waals surface area (Å²) in [6.45, 7) is 3.49. The Hall–Kier alpha value is -4.04. The van der Waals surface area contributed by atoms with Crippen molar-refractivity contribution in [3.63, 3.8) is 0 Å². The molecular weight excluding hydrogens is 446 g/mol. The lowest BCUT2D eigenvalue weighted by atomic mass is 9.93. The van der Waals surface area contributed by atoms with E-state index < -0.39 is 0 Å². The van der Waals surface area contributed by atoms with Gasteiger partial charge >= 0.3 is 0 Å². The van der Waals surface area contributed by atoms with Crippen LogP contribution in [0.2, 0.25) is 0 Å². The van der Waals surface area contributed by atoms with Crippen molar-refractivity contribution in [3.05, 3.63) is 89.2 Å². The molecule has 8 heteroatoms. The van der Waals surface area contributed by atoms with E-state index in [9.17, 15) is 19.5 Å². The second-order valence-electron chi connectivity index (χ2n) is 8.38. The number of aromatic hydroxyl groups is 1. The van der Waals surface area contributed by atoms with E-state index in [0.29, 0.717) is 42.1 Å². The summed E-state index contributed by atoms with van der Waals surface area (Å²) in [4.78, 5) is 42.2. The molecule has 0 aliphatic carbocycles. The highest BCUT2D eigenvalue weighted by Crippen LogP contribution is 2.26. The third kappa shape index (κ3) is 5.73. The summed E-state index contributed by atoms with van der Waals surface area (Å²) in [7, 11) is 0. The number of phenolic OH excluding ortho intramolecular Hbond substituents is 1. The van der Waals surface area contributed by atoms with Gasteiger partial charge in [-0.15, -0.1) is 0 Å². The molecule has 180 valence electrons. The first-order valence-electron chi connectivity index (χ1n) is 11.5. The Bertz CT molecular complexity index is 1210. The molecule has 1 aliphatic rings. The second kappa shape index (κ2) is 10.9. The van der Waals surface area contributed by atoms with Gasteiger partial charge in [-0.25, -0.2) is 0 Å². The quantitative estimate of drug-likeness (QED) is 0.409. The molecule has 3 N–H and O–H groups in total. The molecule has 2 atom stereocenters. The molecule has 2 heterocycles. The van der Waals surface area contributed by atoms with Crippen LogP contribution in [0.5, 0.6) is 11.5 Å². The number of nitrogens with zero attached hydrogens (tertiary/aromatic N) is 1. The standard InChI is InChI=1S/C27H27N3O5/c1-2-35-21-7-8-24(31)22(14-21)26(33)18-5-3-17(4-6-18)25(32)13-20-15-29-16-23(20)30-27(34)19-9-11-28-12-10-19/h3-12,14,20,23,29,31H,2,13,15-16H2,1H3,(H,30,34)/t20-,23-/m1/s1. The fourth-order valence-corrected chi connectivity index (χ4v) is 4.14. The lowest BCUT2D eigenvalue weighted by Crippen LogP contribution is -2.41. The average Bonchev–Trinajstić information content (AvgIpc) is 3.31. The first kappa shape index (κ1) is 24.1. The Morgan fingerprint density at radius 2 is 1.71 bits per heavy atom. The summed E-state index contributed by atoms with van der Waals surface area (Å²) in [6, 6.07) is 14.1. The minimum Gasteiger partial charge on any atom is -0.507 e. The lowest BCUT2D eigenvalue weighted by Gasteiger charge is -2.19. The number of pyridine rings is 1. The molecule has 0 bridgehead atoms. The summed E-state index contributed by atoms with van der Waals surface area (Å²) < 4.78 is 5.42. The zero-order valence-corrected chi connectivity index (χ0v) is 19.4. The van der Waals surface area contributed by atoms with Gasteiger partial charge in [0.1, 0.15) is 11.5 Å². The van der Waals surface area contributed by atoms with E-state index in [-0.39, 0.29) is 47.2 Å². The Kier molecular flexibility index (Phi) is 7.52. The number of nitrogens with one attached hydrogen (secondary N) is 2. The van der Waals surface area contributed by atoms with E-state index in [4.69, 9.17) is 4.74 Å². The summed E-state index contributed by atoms with van der Waals surface area (Å²) in [6.07, 6.45) is 3.39. The van der Waals surface area contributed by atoms with Crippen LogP contribution in [-0.2, 0) is 0 Å². The number of Topliss-reactive ketones (excluding diaryl/α,β-unsaturated/α-hetero) is 1. The SMILES string of the molecule is CCOc1ccc(O)c(C(=O)c2ccc(C(=O)C[C@@H]3CNC[C@H]3NC(=O)c3ccncc3)cc2)c1. The van der Waals surface area contributed by atoms with Crippen molar-refractivity contribution in [1.82, 2.24) is 15.6 Å². The number of hydrogen-bond donors (Lipinski definition) is 3.